The van der Waals surface area contributed by atoms with Gasteiger partial charge in [-0.2, -0.15) is 5.10 Å². The third-order valence-electron chi connectivity index (χ3n) is 4.22. The summed E-state index contributed by atoms with van der Waals surface area (Å²) in [6.07, 6.45) is 2.99. The molecule has 3 rings (SSSR count). The number of carbonyl (C=O) groups is 2. The van der Waals surface area contributed by atoms with Gasteiger partial charge in [0.2, 0.25) is 5.91 Å². The lowest BCUT2D eigenvalue weighted by Crippen LogP contribution is -3.15. The molecule has 2 heterocycles. The zero-order chi connectivity index (χ0) is 17.8. The second-order valence-corrected chi connectivity index (χ2v) is 6.42. The number of nitrogens with one attached hydrogen (secondary N) is 2. The molecule has 0 atom stereocenters. The summed E-state index contributed by atoms with van der Waals surface area (Å²) in [6.45, 7) is 4.80. The molecule has 0 radical (unpaired) electrons. The first-order valence-electron chi connectivity index (χ1n) is 8.06. The Morgan fingerprint density at radius 3 is 2.72 bits per heavy atom. The Labute approximate surface area is 150 Å². The van der Waals surface area contributed by atoms with E-state index in [9.17, 15) is 9.59 Å². The highest BCUT2D eigenvalue weighted by Gasteiger charge is 2.23. The molecule has 132 valence electrons. The average molecular weight is 364 g/mol. The van der Waals surface area contributed by atoms with Gasteiger partial charge in [-0.15, -0.1) is 0 Å². The van der Waals surface area contributed by atoms with Crippen molar-refractivity contribution in [1.29, 1.82) is 0 Å². The molecule has 0 spiro atoms. The molecular weight excluding hydrogens is 344 g/mol. The Hall–Kier alpha value is -2.45. The predicted molar refractivity (Wildman–Crippen MR) is 92.8 cm³/mol. The summed E-state index contributed by atoms with van der Waals surface area (Å²) >= 11 is 6.06. The van der Waals surface area contributed by atoms with Crippen molar-refractivity contribution in [2.24, 2.45) is 0 Å². The third kappa shape index (κ3) is 4.34. The number of anilines is 1. The maximum atomic E-state index is 12.4. The maximum Gasteiger partial charge on any atom is 0.279 e. The summed E-state index contributed by atoms with van der Waals surface area (Å²) < 4.78 is 1.57. The van der Waals surface area contributed by atoms with E-state index in [2.05, 4.69) is 15.4 Å². The Bertz CT molecular complexity index is 756. The average Bonchev–Trinajstić information content (AvgIpc) is 3.09. The van der Waals surface area contributed by atoms with Gasteiger partial charge < -0.3 is 15.1 Å². The number of aromatic nitrogens is 3. The number of carbonyl (C=O) groups excluding carboxylic acids is 2. The molecule has 1 fully saturated rings. The van der Waals surface area contributed by atoms with E-state index in [1.807, 2.05) is 0 Å². The van der Waals surface area contributed by atoms with E-state index < -0.39 is 0 Å². The summed E-state index contributed by atoms with van der Waals surface area (Å²) in [5, 5.41) is 7.53. The Kier molecular flexibility index (Phi) is 5.30. The van der Waals surface area contributed by atoms with Crippen LogP contribution < -0.4 is 10.2 Å². The van der Waals surface area contributed by atoms with Crippen molar-refractivity contribution in [3.8, 4) is 5.69 Å². The SMILES string of the molecule is CC(=O)N1CC[NH+](CC(=O)Nc2cc(Cl)ccc2-n2cncn2)CC1. The van der Waals surface area contributed by atoms with Crippen molar-refractivity contribution in [1.82, 2.24) is 19.7 Å². The summed E-state index contributed by atoms with van der Waals surface area (Å²) in [7, 11) is 0. The van der Waals surface area contributed by atoms with Crippen LogP contribution in [0.1, 0.15) is 6.92 Å². The molecule has 0 aliphatic carbocycles. The summed E-state index contributed by atoms with van der Waals surface area (Å²) in [4.78, 5) is 30.7. The normalized spacial score (nSPS) is 15.2. The third-order valence-corrected chi connectivity index (χ3v) is 4.46. The monoisotopic (exact) mass is 363 g/mol. The van der Waals surface area contributed by atoms with Crippen LogP contribution in [0.2, 0.25) is 5.02 Å². The van der Waals surface area contributed by atoms with E-state index in [4.69, 9.17) is 11.6 Å². The van der Waals surface area contributed by atoms with Gasteiger partial charge in [-0.3, -0.25) is 9.59 Å². The van der Waals surface area contributed by atoms with E-state index in [1.165, 1.54) is 6.33 Å². The smallest absolute Gasteiger partial charge is 0.279 e. The van der Waals surface area contributed by atoms with Crippen molar-refractivity contribution in [2.75, 3.05) is 38.0 Å². The largest absolute Gasteiger partial charge is 0.332 e. The van der Waals surface area contributed by atoms with Crippen LogP contribution in [0.4, 0.5) is 5.69 Å². The lowest BCUT2D eigenvalue weighted by molar-refractivity contribution is -0.895. The van der Waals surface area contributed by atoms with E-state index in [0.717, 1.165) is 18.0 Å². The summed E-state index contributed by atoms with van der Waals surface area (Å²) in [6, 6.07) is 5.21. The minimum atomic E-state index is -0.102. The first-order valence-corrected chi connectivity index (χ1v) is 8.44. The van der Waals surface area contributed by atoms with Crippen molar-refractivity contribution < 1.29 is 14.5 Å². The maximum absolute atomic E-state index is 12.4. The second kappa shape index (κ2) is 7.62. The highest BCUT2D eigenvalue weighted by molar-refractivity contribution is 6.31. The second-order valence-electron chi connectivity index (χ2n) is 5.98. The van der Waals surface area contributed by atoms with Gasteiger partial charge in [-0.05, 0) is 18.2 Å². The zero-order valence-electron chi connectivity index (χ0n) is 13.9. The van der Waals surface area contributed by atoms with E-state index in [-0.39, 0.29) is 11.8 Å². The van der Waals surface area contributed by atoms with Gasteiger partial charge in [0, 0.05) is 11.9 Å². The molecule has 0 unspecified atom stereocenters. The molecule has 25 heavy (non-hydrogen) atoms. The Morgan fingerprint density at radius 2 is 2.08 bits per heavy atom. The molecule has 2 N–H and O–H groups in total. The van der Waals surface area contributed by atoms with Crippen molar-refractivity contribution in [3.63, 3.8) is 0 Å². The number of nitrogens with zero attached hydrogens (tertiary/aromatic N) is 4. The molecule has 8 nitrogen and oxygen atoms in total. The van der Waals surface area contributed by atoms with Crippen LogP contribution in [0.5, 0.6) is 0 Å². The molecule has 1 saturated heterocycles. The molecule has 0 bridgehead atoms. The van der Waals surface area contributed by atoms with Crippen molar-refractivity contribution in [3.05, 3.63) is 35.9 Å². The van der Waals surface area contributed by atoms with Crippen LogP contribution in [0, 0.1) is 0 Å². The number of quaternary nitrogens is 1. The van der Waals surface area contributed by atoms with Gasteiger partial charge in [0.05, 0.1) is 37.6 Å². The van der Waals surface area contributed by atoms with Gasteiger partial charge >= 0.3 is 0 Å². The van der Waals surface area contributed by atoms with Crippen LogP contribution in [0.3, 0.4) is 0 Å². The van der Waals surface area contributed by atoms with E-state index in [0.29, 0.717) is 36.0 Å². The van der Waals surface area contributed by atoms with Gasteiger partial charge in [0.1, 0.15) is 12.7 Å². The van der Waals surface area contributed by atoms with Crippen LogP contribution in [0.25, 0.3) is 5.69 Å². The summed E-state index contributed by atoms with van der Waals surface area (Å²) in [5.41, 5.74) is 1.29. The number of benzene rings is 1. The van der Waals surface area contributed by atoms with Crippen LogP contribution in [0.15, 0.2) is 30.9 Å². The number of amides is 2. The molecule has 1 aliphatic heterocycles. The lowest BCUT2D eigenvalue weighted by atomic mass is 10.2. The summed E-state index contributed by atoms with van der Waals surface area (Å²) in [5.74, 6) is -0.0187. The van der Waals surface area contributed by atoms with Crippen LogP contribution >= 0.6 is 11.6 Å². The number of piperazine rings is 1. The number of halogens is 1. The van der Waals surface area contributed by atoms with Crippen molar-refractivity contribution >= 4 is 29.1 Å². The molecule has 1 aromatic carbocycles. The minimum Gasteiger partial charge on any atom is -0.332 e. The van der Waals surface area contributed by atoms with Crippen LogP contribution in [-0.4, -0.2) is 64.2 Å². The zero-order valence-corrected chi connectivity index (χ0v) is 14.7. The van der Waals surface area contributed by atoms with Crippen molar-refractivity contribution in [2.45, 2.75) is 6.92 Å². The molecule has 0 saturated carbocycles. The molecule has 1 aliphatic rings. The first-order chi connectivity index (χ1) is 12.0. The van der Waals surface area contributed by atoms with Gasteiger partial charge in [0.15, 0.2) is 6.54 Å². The number of hydrogen-bond acceptors (Lipinski definition) is 4. The highest BCUT2D eigenvalue weighted by Crippen LogP contribution is 2.23. The molecule has 1 aromatic heterocycles. The number of hydrogen-bond donors (Lipinski definition) is 2. The van der Waals surface area contributed by atoms with Gasteiger partial charge in [-0.25, -0.2) is 9.67 Å². The molecular formula is C16H20ClN6O2+. The standard InChI is InChI=1S/C16H19ClN6O2/c1-12(24)22-6-4-21(5-7-22)9-16(25)20-14-8-13(17)2-3-15(14)23-11-18-10-19-23/h2-3,8,10-11H,4-7,9H2,1H3,(H,20,25)/p+1. The fourth-order valence-corrected chi connectivity index (χ4v) is 3.05. The molecule has 2 aromatic rings. The fourth-order valence-electron chi connectivity index (χ4n) is 2.88. The lowest BCUT2D eigenvalue weighted by Gasteiger charge is -2.31. The number of rotatable bonds is 4. The van der Waals surface area contributed by atoms with Gasteiger partial charge in [-0.1, -0.05) is 11.6 Å². The Morgan fingerprint density at radius 1 is 1.32 bits per heavy atom. The molecule has 2 amide bonds. The first kappa shape index (κ1) is 17.4. The topological polar surface area (TPSA) is 84.6 Å². The predicted octanol–water partition coefficient (Wildman–Crippen LogP) is -0.394. The van der Waals surface area contributed by atoms with Gasteiger partial charge in [0.25, 0.3) is 5.91 Å². The Balaban J connectivity index is 1.64. The minimum absolute atomic E-state index is 0.0832. The van der Waals surface area contributed by atoms with E-state index in [1.54, 1.807) is 41.0 Å². The highest BCUT2D eigenvalue weighted by atomic mass is 35.5. The quantitative estimate of drug-likeness (QED) is 0.774. The van der Waals surface area contributed by atoms with E-state index >= 15 is 0 Å². The fraction of sp³-hybridized carbons (Fsp3) is 0.375. The van der Waals surface area contributed by atoms with Crippen LogP contribution in [-0.2, 0) is 9.59 Å². The molecule has 9 heteroatoms.